The maximum absolute atomic E-state index is 6.18. The summed E-state index contributed by atoms with van der Waals surface area (Å²) < 4.78 is 0. The molecule has 2 aromatic heterocycles. The topological polar surface area (TPSA) is 88.8 Å². The molecule has 0 spiro atoms. The van der Waals surface area contributed by atoms with Crippen molar-refractivity contribution in [1.82, 2.24) is 15.0 Å². The van der Waals surface area contributed by atoms with Crippen LogP contribution in [0.15, 0.2) is 49.1 Å². The van der Waals surface area contributed by atoms with Gasteiger partial charge >= 0.3 is 0 Å². The molecule has 0 amide bonds. The summed E-state index contributed by atoms with van der Waals surface area (Å²) in [5.41, 5.74) is 9.56. The zero-order chi connectivity index (χ0) is 16.9. The first kappa shape index (κ1) is 16.0. The Morgan fingerprint density at radius 2 is 2.00 bits per heavy atom. The van der Waals surface area contributed by atoms with Crippen LogP contribution in [0.5, 0.6) is 0 Å². The van der Waals surface area contributed by atoms with E-state index >= 15 is 0 Å². The molecule has 0 atom stereocenters. The number of pyridine rings is 1. The third-order valence-corrected chi connectivity index (χ3v) is 3.75. The van der Waals surface area contributed by atoms with Gasteiger partial charge < -0.3 is 16.4 Å². The third kappa shape index (κ3) is 3.72. The summed E-state index contributed by atoms with van der Waals surface area (Å²) in [4.78, 5) is 12.5. The SMILES string of the molecule is Cc1ccc(Cl)cc1Nc1ncnc(NCc2cccnc2)c1N. The molecule has 0 aliphatic rings. The zero-order valence-electron chi connectivity index (χ0n) is 13.1. The molecule has 0 saturated carbocycles. The van der Waals surface area contributed by atoms with E-state index in [1.165, 1.54) is 6.33 Å². The Balaban J connectivity index is 1.79. The van der Waals surface area contributed by atoms with Gasteiger partial charge in [0.1, 0.15) is 12.0 Å². The average molecular weight is 341 g/mol. The summed E-state index contributed by atoms with van der Waals surface area (Å²) in [6.45, 7) is 2.56. The van der Waals surface area contributed by atoms with Crippen LogP contribution in [0.25, 0.3) is 0 Å². The van der Waals surface area contributed by atoms with E-state index in [1.807, 2.05) is 37.3 Å². The molecule has 0 aliphatic heterocycles. The predicted octanol–water partition coefficient (Wildman–Crippen LogP) is 3.77. The Morgan fingerprint density at radius 1 is 1.17 bits per heavy atom. The summed E-state index contributed by atoms with van der Waals surface area (Å²) in [7, 11) is 0. The first-order valence-corrected chi connectivity index (χ1v) is 7.77. The summed E-state index contributed by atoms with van der Waals surface area (Å²) in [6, 6.07) is 9.47. The van der Waals surface area contributed by atoms with Crippen molar-refractivity contribution in [2.24, 2.45) is 0 Å². The summed E-state index contributed by atoms with van der Waals surface area (Å²) in [5, 5.41) is 7.05. The third-order valence-electron chi connectivity index (χ3n) is 3.52. The number of benzene rings is 1. The van der Waals surface area contributed by atoms with E-state index < -0.39 is 0 Å². The molecule has 0 aliphatic carbocycles. The number of aromatic nitrogens is 3. The fourth-order valence-electron chi connectivity index (χ4n) is 2.18. The fourth-order valence-corrected chi connectivity index (χ4v) is 2.35. The number of halogens is 1. The predicted molar refractivity (Wildman–Crippen MR) is 97.5 cm³/mol. The minimum atomic E-state index is 0.445. The van der Waals surface area contributed by atoms with Crippen molar-refractivity contribution in [3.05, 3.63) is 65.2 Å². The van der Waals surface area contributed by atoms with Crippen molar-refractivity contribution >= 4 is 34.6 Å². The Kier molecular flexibility index (Phi) is 4.77. The number of nitrogens with two attached hydrogens (primary N) is 1. The number of nitrogens with one attached hydrogen (secondary N) is 2. The minimum Gasteiger partial charge on any atom is -0.393 e. The zero-order valence-corrected chi connectivity index (χ0v) is 13.9. The van der Waals surface area contributed by atoms with Gasteiger partial charge in [0.25, 0.3) is 0 Å². The van der Waals surface area contributed by atoms with Gasteiger partial charge in [-0.05, 0) is 36.2 Å². The average Bonchev–Trinajstić information content (AvgIpc) is 2.60. The second-order valence-electron chi connectivity index (χ2n) is 5.28. The van der Waals surface area contributed by atoms with Crippen LogP contribution >= 0.6 is 11.6 Å². The Bertz CT molecular complexity index is 838. The van der Waals surface area contributed by atoms with E-state index in [0.717, 1.165) is 16.8 Å². The number of hydrogen-bond acceptors (Lipinski definition) is 6. The largest absolute Gasteiger partial charge is 0.393 e. The second kappa shape index (κ2) is 7.14. The molecule has 1 aromatic carbocycles. The lowest BCUT2D eigenvalue weighted by Crippen LogP contribution is -2.08. The molecule has 24 heavy (non-hydrogen) atoms. The molecule has 0 radical (unpaired) electrons. The maximum atomic E-state index is 6.18. The van der Waals surface area contributed by atoms with E-state index in [1.54, 1.807) is 12.4 Å². The number of rotatable bonds is 5. The van der Waals surface area contributed by atoms with Crippen molar-refractivity contribution in [3.63, 3.8) is 0 Å². The highest BCUT2D eigenvalue weighted by Gasteiger charge is 2.09. The Labute approximate surface area is 145 Å². The van der Waals surface area contributed by atoms with Crippen LogP contribution in [0.4, 0.5) is 23.0 Å². The maximum Gasteiger partial charge on any atom is 0.159 e. The lowest BCUT2D eigenvalue weighted by atomic mass is 10.2. The Morgan fingerprint density at radius 3 is 2.79 bits per heavy atom. The van der Waals surface area contributed by atoms with Gasteiger partial charge in [0.05, 0.1) is 0 Å². The monoisotopic (exact) mass is 340 g/mol. The van der Waals surface area contributed by atoms with Crippen molar-refractivity contribution in [1.29, 1.82) is 0 Å². The minimum absolute atomic E-state index is 0.445. The molecule has 2 heterocycles. The second-order valence-corrected chi connectivity index (χ2v) is 5.72. The van der Waals surface area contributed by atoms with Gasteiger partial charge in [0, 0.05) is 29.6 Å². The smallest absolute Gasteiger partial charge is 0.159 e. The lowest BCUT2D eigenvalue weighted by molar-refractivity contribution is 1.07. The number of nitrogens with zero attached hydrogens (tertiary/aromatic N) is 3. The number of aryl methyl sites for hydroxylation is 1. The van der Waals surface area contributed by atoms with E-state index in [9.17, 15) is 0 Å². The van der Waals surface area contributed by atoms with Crippen molar-refractivity contribution in [3.8, 4) is 0 Å². The van der Waals surface area contributed by atoms with Gasteiger partial charge in [-0.25, -0.2) is 9.97 Å². The summed E-state index contributed by atoms with van der Waals surface area (Å²) >= 11 is 6.05. The highest BCUT2D eigenvalue weighted by molar-refractivity contribution is 6.30. The van der Waals surface area contributed by atoms with Gasteiger partial charge in [-0.15, -0.1) is 0 Å². The van der Waals surface area contributed by atoms with Gasteiger partial charge in [-0.1, -0.05) is 23.7 Å². The van der Waals surface area contributed by atoms with Gasteiger partial charge in [-0.3, -0.25) is 4.98 Å². The quantitative estimate of drug-likeness (QED) is 0.655. The molecule has 6 nitrogen and oxygen atoms in total. The van der Waals surface area contributed by atoms with E-state index in [0.29, 0.717) is 28.9 Å². The highest BCUT2D eigenvalue weighted by Crippen LogP contribution is 2.29. The number of nitrogen functional groups attached to an aromatic ring is 1. The van der Waals surface area contributed by atoms with Crippen molar-refractivity contribution < 1.29 is 0 Å². The standard InChI is InChI=1S/C17H17ClN6/c1-11-4-5-13(18)7-14(11)24-17-15(19)16(22-10-23-17)21-9-12-3-2-6-20-8-12/h2-8,10H,9,19H2,1H3,(H2,21,22,23,24). The summed E-state index contributed by atoms with van der Waals surface area (Å²) in [5.74, 6) is 1.10. The molecular weight excluding hydrogens is 324 g/mol. The molecule has 0 unspecified atom stereocenters. The first-order chi connectivity index (χ1) is 11.6. The molecule has 4 N–H and O–H groups in total. The van der Waals surface area contributed by atoms with Crippen molar-refractivity contribution in [2.45, 2.75) is 13.5 Å². The van der Waals surface area contributed by atoms with Crippen LogP contribution in [0.3, 0.4) is 0 Å². The molecule has 3 aromatic rings. The van der Waals surface area contributed by atoms with Crippen LogP contribution < -0.4 is 16.4 Å². The number of anilines is 4. The van der Waals surface area contributed by atoms with E-state index in [2.05, 4.69) is 25.6 Å². The van der Waals surface area contributed by atoms with Gasteiger partial charge in [-0.2, -0.15) is 0 Å². The molecular formula is C17H17ClN6. The lowest BCUT2D eigenvalue weighted by Gasteiger charge is -2.14. The first-order valence-electron chi connectivity index (χ1n) is 7.40. The van der Waals surface area contributed by atoms with Crippen LogP contribution in [-0.4, -0.2) is 15.0 Å². The van der Waals surface area contributed by atoms with Crippen LogP contribution in [0.2, 0.25) is 5.02 Å². The molecule has 0 fully saturated rings. The van der Waals surface area contributed by atoms with Crippen LogP contribution in [0.1, 0.15) is 11.1 Å². The molecule has 3 rings (SSSR count). The van der Waals surface area contributed by atoms with E-state index in [-0.39, 0.29) is 0 Å². The van der Waals surface area contributed by atoms with Crippen LogP contribution in [-0.2, 0) is 6.54 Å². The molecule has 0 saturated heterocycles. The van der Waals surface area contributed by atoms with Crippen LogP contribution in [0, 0.1) is 6.92 Å². The fraction of sp³-hybridized carbons (Fsp3) is 0.118. The highest BCUT2D eigenvalue weighted by atomic mass is 35.5. The summed E-state index contributed by atoms with van der Waals surface area (Å²) in [6.07, 6.45) is 4.99. The number of hydrogen-bond donors (Lipinski definition) is 3. The van der Waals surface area contributed by atoms with Gasteiger partial charge in [0.2, 0.25) is 0 Å². The normalized spacial score (nSPS) is 10.4. The van der Waals surface area contributed by atoms with E-state index in [4.69, 9.17) is 17.3 Å². The molecule has 7 heteroatoms. The van der Waals surface area contributed by atoms with Gasteiger partial charge in [0.15, 0.2) is 11.6 Å². The molecule has 122 valence electrons. The van der Waals surface area contributed by atoms with Crippen molar-refractivity contribution in [2.75, 3.05) is 16.4 Å². The Hall–Kier alpha value is -2.86. The molecule has 0 bridgehead atoms.